The van der Waals surface area contributed by atoms with Gasteiger partial charge in [0, 0.05) is 18.5 Å². The topological polar surface area (TPSA) is 54.2 Å². The van der Waals surface area contributed by atoms with Crippen molar-refractivity contribution >= 4 is 0 Å². The molecule has 1 aromatic rings. The summed E-state index contributed by atoms with van der Waals surface area (Å²) in [5.41, 5.74) is 0. The van der Waals surface area contributed by atoms with Crippen molar-refractivity contribution in [2.45, 2.75) is 51.6 Å². The lowest BCUT2D eigenvalue weighted by Gasteiger charge is -2.34. The van der Waals surface area contributed by atoms with Crippen LogP contribution in [0.1, 0.15) is 57.3 Å². The third-order valence-electron chi connectivity index (χ3n) is 3.81. The van der Waals surface area contributed by atoms with Crippen molar-refractivity contribution in [2.75, 3.05) is 20.1 Å². The molecule has 1 saturated heterocycles. The molecule has 5 heteroatoms. The van der Waals surface area contributed by atoms with Gasteiger partial charge in [0.2, 0.25) is 5.89 Å². The Morgan fingerprint density at radius 2 is 2.17 bits per heavy atom. The van der Waals surface area contributed by atoms with E-state index in [1.54, 1.807) is 0 Å². The second-order valence-electron chi connectivity index (χ2n) is 5.43. The zero-order valence-corrected chi connectivity index (χ0v) is 11.8. The van der Waals surface area contributed by atoms with Crippen LogP contribution in [0.25, 0.3) is 0 Å². The predicted octanol–water partition coefficient (Wildman–Crippen LogP) is 1.94. The smallest absolute Gasteiger partial charge is 0.243 e. The number of nitrogens with one attached hydrogen (secondary N) is 1. The van der Waals surface area contributed by atoms with Crippen molar-refractivity contribution in [3.8, 4) is 0 Å². The summed E-state index contributed by atoms with van der Waals surface area (Å²) in [6, 6.07) is 0.714. The highest BCUT2D eigenvalue weighted by atomic mass is 16.5. The minimum Gasteiger partial charge on any atom is -0.338 e. The Morgan fingerprint density at radius 1 is 1.39 bits per heavy atom. The number of piperidine rings is 1. The number of nitrogens with zero attached hydrogens (tertiary/aromatic N) is 3. The Labute approximate surface area is 109 Å². The molecule has 0 amide bonds. The monoisotopic (exact) mass is 252 g/mol. The first-order chi connectivity index (χ1) is 8.61. The highest BCUT2D eigenvalue weighted by molar-refractivity contribution is 5.00. The largest absolute Gasteiger partial charge is 0.338 e. The average molecular weight is 252 g/mol. The van der Waals surface area contributed by atoms with Gasteiger partial charge in [-0.05, 0) is 47.2 Å². The third kappa shape index (κ3) is 2.90. The number of rotatable bonds is 4. The van der Waals surface area contributed by atoms with Crippen molar-refractivity contribution in [2.24, 2.45) is 0 Å². The van der Waals surface area contributed by atoms with E-state index >= 15 is 0 Å². The molecule has 0 spiro atoms. The average Bonchev–Trinajstić information content (AvgIpc) is 2.87. The first-order valence-corrected chi connectivity index (χ1v) is 6.86. The fourth-order valence-corrected chi connectivity index (χ4v) is 2.40. The molecule has 1 fully saturated rings. The van der Waals surface area contributed by atoms with Crippen LogP contribution < -0.4 is 5.32 Å². The summed E-state index contributed by atoms with van der Waals surface area (Å²) in [7, 11) is 1.90. The SMILES string of the molecule is CNC(C)c1nc(C2CCCN(C(C)C)C2)no1. The summed E-state index contributed by atoms with van der Waals surface area (Å²) in [5.74, 6) is 1.98. The van der Waals surface area contributed by atoms with Gasteiger partial charge in [-0.25, -0.2) is 0 Å². The molecule has 1 aliphatic heterocycles. The van der Waals surface area contributed by atoms with Gasteiger partial charge in [-0.2, -0.15) is 4.98 Å². The summed E-state index contributed by atoms with van der Waals surface area (Å²) < 4.78 is 5.32. The number of aromatic nitrogens is 2. The summed E-state index contributed by atoms with van der Waals surface area (Å²) >= 11 is 0. The summed E-state index contributed by atoms with van der Waals surface area (Å²) in [5, 5.41) is 7.27. The maximum Gasteiger partial charge on any atom is 0.243 e. The molecule has 18 heavy (non-hydrogen) atoms. The van der Waals surface area contributed by atoms with E-state index in [1.807, 2.05) is 14.0 Å². The van der Waals surface area contributed by atoms with E-state index in [9.17, 15) is 0 Å². The third-order valence-corrected chi connectivity index (χ3v) is 3.81. The molecule has 0 bridgehead atoms. The lowest BCUT2D eigenvalue weighted by atomic mass is 9.96. The van der Waals surface area contributed by atoms with Crippen molar-refractivity contribution in [1.82, 2.24) is 20.4 Å². The van der Waals surface area contributed by atoms with Gasteiger partial charge < -0.3 is 14.7 Å². The van der Waals surface area contributed by atoms with Crippen molar-refractivity contribution in [3.05, 3.63) is 11.7 Å². The van der Waals surface area contributed by atoms with E-state index in [0.717, 1.165) is 18.8 Å². The lowest BCUT2D eigenvalue weighted by Crippen LogP contribution is -2.39. The van der Waals surface area contributed by atoms with Crippen LogP contribution in [0.5, 0.6) is 0 Å². The van der Waals surface area contributed by atoms with Crippen LogP contribution in [0.3, 0.4) is 0 Å². The fraction of sp³-hybridized carbons (Fsp3) is 0.846. The zero-order chi connectivity index (χ0) is 13.1. The normalized spacial score (nSPS) is 23.5. The molecule has 2 rings (SSSR count). The fourth-order valence-electron chi connectivity index (χ4n) is 2.40. The van der Waals surface area contributed by atoms with Gasteiger partial charge in [0.25, 0.3) is 0 Å². The molecule has 2 unspecified atom stereocenters. The van der Waals surface area contributed by atoms with E-state index in [4.69, 9.17) is 4.52 Å². The molecule has 2 heterocycles. The molecule has 1 aliphatic rings. The number of hydrogen-bond donors (Lipinski definition) is 1. The molecule has 2 atom stereocenters. The first-order valence-electron chi connectivity index (χ1n) is 6.86. The Hall–Kier alpha value is -0.940. The Bertz CT molecular complexity index is 377. The molecule has 0 aromatic carbocycles. The predicted molar refractivity (Wildman–Crippen MR) is 70.5 cm³/mol. The van der Waals surface area contributed by atoms with Gasteiger partial charge >= 0.3 is 0 Å². The Morgan fingerprint density at radius 3 is 2.83 bits per heavy atom. The number of likely N-dealkylation sites (tertiary alicyclic amines) is 1. The molecular formula is C13H24N4O. The standard InChI is InChI=1S/C13H24N4O/c1-9(2)17-7-5-6-11(8-17)12-15-13(18-16-12)10(3)14-4/h9-11,14H,5-8H2,1-4H3. The first kappa shape index (κ1) is 13.5. The van der Waals surface area contributed by atoms with Gasteiger partial charge in [0.15, 0.2) is 5.82 Å². The molecule has 0 radical (unpaired) electrons. The van der Waals surface area contributed by atoms with Crippen LogP contribution in [0, 0.1) is 0 Å². The van der Waals surface area contributed by atoms with Crippen LogP contribution >= 0.6 is 0 Å². The van der Waals surface area contributed by atoms with Crippen molar-refractivity contribution in [3.63, 3.8) is 0 Å². The van der Waals surface area contributed by atoms with Gasteiger partial charge in [-0.1, -0.05) is 5.16 Å². The van der Waals surface area contributed by atoms with Gasteiger partial charge in [-0.3, -0.25) is 0 Å². The molecule has 1 aromatic heterocycles. The van der Waals surface area contributed by atoms with Crippen LogP contribution in [-0.2, 0) is 0 Å². The van der Waals surface area contributed by atoms with E-state index in [-0.39, 0.29) is 6.04 Å². The number of hydrogen-bond acceptors (Lipinski definition) is 5. The Balaban J connectivity index is 2.04. The van der Waals surface area contributed by atoms with E-state index in [0.29, 0.717) is 17.9 Å². The van der Waals surface area contributed by atoms with Gasteiger partial charge in [0.05, 0.1) is 6.04 Å². The van der Waals surface area contributed by atoms with Crippen LogP contribution in [0.4, 0.5) is 0 Å². The molecule has 0 aliphatic carbocycles. The van der Waals surface area contributed by atoms with Gasteiger partial charge in [0.1, 0.15) is 0 Å². The zero-order valence-electron chi connectivity index (χ0n) is 11.8. The van der Waals surface area contributed by atoms with Crippen molar-refractivity contribution < 1.29 is 4.52 Å². The van der Waals surface area contributed by atoms with Crippen LogP contribution in [-0.4, -0.2) is 41.2 Å². The van der Waals surface area contributed by atoms with Crippen LogP contribution in [0.15, 0.2) is 4.52 Å². The summed E-state index contributed by atoms with van der Waals surface area (Å²) in [6.45, 7) is 8.75. The molecular weight excluding hydrogens is 228 g/mol. The van der Waals surface area contributed by atoms with E-state index in [2.05, 4.69) is 34.2 Å². The molecule has 1 N–H and O–H groups in total. The van der Waals surface area contributed by atoms with E-state index in [1.165, 1.54) is 13.0 Å². The van der Waals surface area contributed by atoms with Crippen LogP contribution in [0.2, 0.25) is 0 Å². The second kappa shape index (κ2) is 5.80. The molecule has 5 nitrogen and oxygen atoms in total. The highest BCUT2D eigenvalue weighted by Gasteiger charge is 2.27. The second-order valence-corrected chi connectivity index (χ2v) is 5.43. The minimum atomic E-state index is 0.121. The lowest BCUT2D eigenvalue weighted by molar-refractivity contribution is 0.163. The molecule has 102 valence electrons. The summed E-state index contributed by atoms with van der Waals surface area (Å²) in [6.07, 6.45) is 2.38. The van der Waals surface area contributed by atoms with Gasteiger partial charge in [-0.15, -0.1) is 0 Å². The maximum atomic E-state index is 5.32. The molecule has 0 saturated carbocycles. The van der Waals surface area contributed by atoms with Crippen molar-refractivity contribution in [1.29, 1.82) is 0 Å². The quantitative estimate of drug-likeness (QED) is 0.887. The highest BCUT2D eigenvalue weighted by Crippen LogP contribution is 2.26. The summed E-state index contributed by atoms with van der Waals surface area (Å²) in [4.78, 5) is 7.02. The Kier molecular flexibility index (Phi) is 4.35. The minimum absolute atomic E-state index is 0.121. The van der Waals surface area contributed by atoms with E-state index < -0.39 is 0 Å². The maximum absolute atomic E-state index is 5.32.